The summed E-state index contributed by atoms with van der Waals surface area (Å²) in [5.41, 5.74) is 1.57. The molecule has 1 saturated heterocycles. The predicted molar refractivity (Wildman–Crippen MR) is 114 cm³/mol. The highest BCUT2D eigenvalue weighted by molar-refractivity contribution is 7.89. The van der Waals surface area contributed by atoms with Gasteiger partial charge in [0.1, 0.15) is 17.1 Å². The number of ether oxygens (including phenoxy) is 1. The van der Waals surface area contributed by atoms with Gasteiger partial charge in [0.25, 0.3) is 5.56 Å². The molecule has 1 aliphatic heterocycles. The first kappa shape index (κ1) is 21.5. The van der Waals surface area contributed by atoms with Crippen LogP contribution in [0.4, 0.5) is 0 Å². The Morgan fingerprint density at radius 1 is 1.29 bits per heavy atom. The van der Waals surface area contributed by atoms with Crippen molar-refractivity contribution < 1.29 is 18.3 Å². The lowest BCUT2D eigenvalue weighted by Gasteiger charge is -2.34. The third kappa shape index (κ3) is 3.73. The summed E-state index contributed by atoms with van der Waals surface area (Å²) in [6.45, 7) is 4.31. The first-order chi connectivity index (χ1) is 14.8. The van der Waals surface area contributed by atoms with E-state index < -0.39 is 16.1 Å². The molecule has 3 aromatic rings. The second kappa shape index (κ2) is 8.06. The number of sulfonamides is 1. The lowest BCUT2D eigenvalue weighted by Crippen LogP contribution is -2.53. The van der Waals surface area contributed by atoms with Crippen LogP contribution in [0.3, 0.4) is 0 Å². The minimum absolute atomic E-state index is 0.0422. The second-order valence-electron chi connectivity index (χ2n) is 7.50. The normalized spacial score (nSPS) is 15.4. The Bertz CT molecular complexity index is 1290. The van der Waals surface area contributed by atoms with Crippen LogP contribution in [0, 0.1) is 0 Å². The van der Waals surface area contributed by atoms with Crippen LogP contribution in [-0.4, -0.2) is 63.4 Å². The summed E-state index contributed by atoms with van der Waals surface area (Å²) in [6, 6.07) is 4.46. The number of aliphatic hydroxyl groups is 1. The summed E-state index contributed by atoms with van der Waals surface area (Å²) >= 11 is 0. The van der Waals surface area contributed by atoms with Crippen LogP contribution in [0.2, 0.25) is 0 Å². The molecule has 166 valence electrons. The number of nitrogens with one attached hydrogen (secondary N) is 1. The summed E-state index contributed by atoms with van der Waals surface area (Å²) in [6.07, 6.45) is 0.854. The van der Waals surface area contributed by atoms with E-state index in [-0.39, 0.29) is 29.4 Å². The molecule has 11 heteroatoms. The first-order valence-electron chi connectivity index (χ1n) is 10.2. The van der Waals surface area contributed by atoms with Gasteiger partial charge in [-0.3, -0.25) is 9.48 Å². The molecule has 0 radical (unpaired) electrons. The zero-order chi connectivity index (χ0) is 22.3. The number of β-amino-alcohol motifs (C(OH)–C–C–N with tert-alkyl or cyclic N) is 1. The molecule has 0 atom stereocenters. The number of nitrogens with zero attached hydrogens (tertiary/aromatic N) is 4. The third-order valence-corrected chi connectivity index (χ3v) is 7.05. The van der Waals surface area contributed by atoms with Gasteiger partial charge in [0.05, 0.1) is 28.9 Å². The number of aromatic amines is 1. The minimum atomic E-state index is -3.78. The van der Waals surface area contributed by atoms with Crippen molar-refractivity contribution >= 4 is 21.1 Å². The van der Waals surface area contributed by atoms with Crippen molar-refractivity contribution in [1.82, 2.24) is 24.1 Å². The molecule has 1 fully saturated rings. The number of benzene rings is 1. The number of aryl methyl sites for hydroxylation is 2. The predicted octanol–water partition coefficient (Wildman–Crippen LogP) is 1.04. The van der Waals surface area contributed by atoms with Gasteiger partial charge in [-0.1, -0.05) is 13.3 Å². The zero-order valence-electron chi connectivity index (χ0n) is 17.6. The van der Waals surface area contributed by atoms with E-state index >= 15 is 0 Å². The van der Waals surface area contributed by atoms with Crippen LogP contribution in [-0.2, 0) is 23.5 Å². The SMILES string of the molecule is CCCc1nn(C)c2c(=O)[nH]c(-c3cc(S(=O)(=O)N4CC(O)C4)ccc3OCC)nc12. The molecule has 10 nitrogen and oxygen atoms in total. The molecule has 2 N–H and O–H groups in total. The quantitative estimate of drug-likeness (QED) is 0.553. The Kier molecular flexibility index (Phi) is 5.58. The first-order valence-corrected chi connectivity index (χ1v) is 11.6. The smallest absolute Gasteiger partial charge is 0.277 e. The fourth-order valence-electron chi connectivity index (χ4n) is 3.68. The third-order valence-electron chi connectivity index (χ3n) is 5.22. The highest BCUT2D eigenvalue weighted by Gasteiger charge is 2.36. The molecule has 0 unspecified atom stereocenters. The number of aromatic nitrogens is 4. The van der Waals surface area contributed by atoms with Gasteiger partial charge >= 0.3 is 0 Å². The average molecular weight is 448 g/mol. The van der Waals surface area contributed by atoms with Crippen molar-refractivity contribution in [3.05, 3.63) is 34.2 Å². The Labute approximate surface area is 179 Å². The lowest BCUT2D eigenvalue weighted by atomic mass is 10.1. The molecule has 0 saturated carbocycles. The summed E-state index contributed by atoms with van der Waals surface area (Å²) in [5, 5.41) is 13.9. The maximum absolute atomic E-state index is 12.9. The molecular weight excluding hydrogens is 422 g/mol. The molecule has 31 heavy (non-hydrogen) atoms. The van der Waals surface area contributed by atoms with Crippen molar-refractivity contribution in [2.24, 2.45) is 7.05 Å². The summed E-state index contributed by atoms with van der Waals surface area (Å²) in [5.74, 6) is 0.625. The molecule has 0 aliphatic carbocycles. The van der Waals surface area contributed by atoms with Crippen LogP contribution in [0.25, 0.3) is 22.4 Å². The van der Waals surface area contributed by atoms with E-state index in [1.54, 1.807) is 13.1 Å². The van der Waals surface area contributed by atoms with Crippen molar-refractivity contribution in [2.75, 3.05) is 19.7 Å². The fraction of sp³-hybridized carbons (Fsp3) is 0.450. The van der Waals surface area contributed by atoms with Gasteiger partial charge in [-0.25, -0.2) is 13.4 Å². The summed E-state index contributed by atoms with van der Waals surface area (Å²) in [7, 11) is -2.09. The maximum atomic E-state index is 12.9. The Morgan fingerprint density at radius 3 is 2.68 bits per heavy atom. The average Bonchev–Trinajstić information content (AvgIpc) is 3.02. The van der Waals surface area contributed by atoms with Gasteiger partial charge in [0, 0.05) is 20.1 Å². The van der Waals surface area contributed by atoms with Crippen LogP contribution >= 0.6 is 0 Å². The number of rotatable bonds is 7. The fourth-order valence-corrected chi connectivity index (χ4v) is 5.22. The second-order valence-corrected chi connectivity index (χ2v) is 9.44. The molecule has 0 bridgehead atoms. The van der Waals surface area contributed by atoms with E-state index in [2.05, 4.69) is 15.1 Å². The number of hydrogen-bond donors (Lipinski definition) is 2. The van der Waals surface area contributed by atoms with E-state index in [1.807, 2.05) is 13.8 Å². The van der Waals surface area contributed by atoms with E-state index in [4.69, 9.17) is 4.74 Å². The van der Waals surface area contributed by atoms with E-state index in [1.165, 1.54) is 21.1 Å². The van der Waals surface area contributed by atoms with Gasteiger partial charge in [0.2, 0.25) is 10.0 Å². The van der Waals surface area contributed by atoms with Crippen LogP contribution in [0.5, 0.6) is 5.75 Å². The standard InChI is InChI=1S/C20H25N5O5S/c1-4-6-15-17-18(24(3)23-15)20(27)22-19(21-17)14-9-13(7-8-16(14)30-5-2)31(28,29)25-10-12(26)11-25/h7-9,12,26H,4-6,10-11H2,1-3H3,(H,21,22,27). The van der Waals surface area contributed by atoms with Crippen LogP contribution in [0.15, 0.2) is 27.9 Å². The molecule has 2 aromatic heterocycles. The van der Waals surface area contributed by atoms with Crippen molar-refractivity contribution in [3.63, 3.8) is 0 Å². The molecule has 3 heterocycles. The number of H-pyrrole nitrogens is 1. The number of aliphatic hydroxyl groups excluding tert-OH is 1. The Balaban J connectivity index is 1.89. The van der Waals surface area contributed by atoms with Gasteiger partial charge < -0.3 is 14.8 Å². The van der Waals surface area contributed by atoms with E-state index in [9.17, 15) is 18.3 Å². The molecule has 0 amide bonds. The topological polar surface area (TPSA) is 130 Å². The summed E-state index contributed by atoms with van der Waals surface area (Å²) < 4.78 is 34.2. The van der Waals surface area contributed by atoms with Gasteiger partial charge in [-0.2, -0.15) is 9.40 Å². The monoisotopic (exact) mass is 447 g/mol. The minimum Gasteiger partial charge on any atom is -0.493 e. The Morgan fingerprint density at radius 2 is 2.03 bits per heavy atom. The van der Waals surface area contributed by atoms with Crippen LogP contribution < -0.4 is 10.3 Å². The van der Waals surface area contributed by atoms with Gasteiger partial charge in [0.15, 0.2) is 5.52 Å². The molecular formula is C20H25N5O5S. The van der Waals surface area contributed by atoms with Gasteiger partial charge in [-0.15, -0.1) is 0 Å². The van der Waals surface area contributed by atoms with E-state index in [0.29, 0.717) is 41.1 Å². The largest absolute Gasteiger partial charge is 0.493 e. The van der Waals surface area contributed by atoms with Crippen molar-refractivity contribution in [2.45, 2.75) is 37.7 Å². The van der Waals surface area contributed by atoms with Crippen LogP contribution in [0.1, 0.15) is 26.0 Å². The summed E-state index contributed by atoms with van der Waals surface area (Å²) in [4.78, 5) is 20.2. The highest BCUT2D eigenvalue weighted by atomic mass is 32.2. The van der Waals surface area contributed by atoms with Crippen molar-refractivity contribution in [3.8, 4) is 17.1 Å². The van der Waals surface area contributed by atoms with E-state index in [0.717, 1.165) is 6.42 Å². The molecule has 1 aliphatic rings. The number of hydrogen-bond acceptors (Lipinski definition) is 7. The number of fused-ring (bicyclic) bond motifs is 1. The Hall–Kier alpha value is -2.76. The lowest BCUT2D eigenvalue weighted by molar-refractivity contribution is 0.0548. The highest BCUT2D eigenvalue weighted by Crippen LogP contribution is 2.33. The molecule has 1 aromatic carbocycles. The van der Waals surface area contributed by atoms with Crippen molar-refractivity contribution in [1.29, 1.82) is 0 Å². The maximum Gasteiger partial charge on any atom is 0.277 e. The molecule has 0 spiro atoms. The van der Waals surface area contributed by atoms with Gasteiger partial charge in [-0.05, 0) is 31.5 Å². The zero-order valence-corrected chi connectivity index (χ0v) is 18.4. The molecule has 4 rings (SSSR count).